The Kier molecular flexibility index (Phi) is 4.57. The highest BCUT2D eigenvalue weighted by atomic mass is 32.1. The normalized spacial score (nSPS) is 11.9. The monoisotopic (exact) mass is 291 g/mol. The summed E-state index contributed by atoms with van der Waals surface area (Å²) in [5.41, 5.74) is 1.15. The Morgan fingerprint density at radius 2 is 2.05 bits per heavy atom. The molecule has 2 aromatic rings. The van der Waals surface area contributed by atoms with Gasteiger partial charge in [0.1, 0.15) is 11.4 Å². The molecule has 1 heterocycles. The zero-order valence-corrected chi connectivity index (χ0v) is 12.2. The smallest absolute Gasteiger partial charge is 0.315 e. The number of hydrogen-bond acceptors (Lipinski definition) is 5. The fourth-order valence-electron chi connectivity index (χ4n) is 2.11. The first-order chi connectivity index (χ1) is 9.67. The van der Waals surface area contributed by atoms with Crippen molar-refractivity contribution in [3.8, 4) is 0 Å². The predicted octanol–water partition coefficient (Wildman–Crippen LogP) is 4.26. The fourth-order valence-corrected chi connectivity index (χ4v) is 2.97. The molecular formula is C14H17N3O2S. The van der Waals surface area contributed by atoms with Gasteiger partial charge in [-0.1, -0.05) is 19.1 Å². The van der Waals surface area contributed by atoms with Crippen molar-refractivity contribution in [2.24, 2.45) is 0 Å². The molecule has 0 aliphatic rings. The molecule has 0 aliphatic heterocycles. The van der Waals surface area contributed by atoms with Crippen LogP contribution in [0.4, 0.5) is 17.1 Å². The second kappa shape index (κ2) is 6.38. The van der Waals surface area contributed by atoms with Crippen LogP contribution < -0.4 is 10.6 Å². The molecule has 0 amide bonds. The van der Waals surface area contributed by atoms with E-state index in [2.05, 4.69) is 17.6 Å². The number of hydrogen-bond donors (Lipinski definition) is 2. The molecule has 0 radical (unpaired) electrons. The van der Waals surface area contributed by atoms with E-state index in [-0.39, 0.29) is 16.7 Å². The van der Waals surface area contributed by atoms with E-state index in [1.165, 1.54) is 4.88 Å². The number of rotatable bonds is 6. The van der Waals surface area contributed by atoms with Crippen molar-refractivity contribution < 1.29 is 4.92 Å². The molecule has 1 atom stereocenters. The molecule has 6 heteroatoms. The minimum absolute atomic E-state index is 0.0841. The Morgan fingerprint density at radius 1 is 1.30 bits per heavy atom. The van der Waals surface area contributed by atoms with E-state index in [1.807, 2.05) is 23.6 Å². The summed E-state index contributed by atoms with van der Waals surface area (Å²) in [5, 5.41) is 19.4. The van der Waals surface area contributed by atoms with E-state index in [4.69, 9.17) is 0 Å². The van der Waals surface area contributed by atoms with Gasteiger partial charge in [-0.3, -0.25) is 10.1 Å². The Morgan fingerprint density at radius 3 is 2.60 bits per heavy atom. The molecule has 1 aromatic heterocycles. The van der Waals surface area contributed by atoms with Crippen molar-refractivity contribution in [1.82, 2.24) is 0 Å². The van der Waals surface area contributed by atoms with Crippen LogP contribution in [0.15, 0.2) is 35.7 Å². The fraction of sp³-hybridized carbons (Fsp3) is 0.286. The minimum Gasteiger partial charge on any atom is -0.382 e. The number of nitro benzene ring substituents is 1. The molecule has 2 rings (SSSR count). The number of anilines is 2. The van der Waals surface area contributed by atoms with E-state index in [1.54, 1.807) is 30.5 Å². The third-order valence-corrected chi connectivity index (χ3v) is 4.10. The maximum absolute atomic E-state index is 11.3. The summed E-state index contributed by atoms with van der Waals surface area (Å²) in [4.78, 5) is 12.1. The predicted molar refractivity (Wildman–Crippen MR) is 83.6 cm³/mol. The maximum Gasteiger partial charge on any atom is 0.315 e. The van der Waals surface area contributed by atoms with Gasteiger partial charge in [-0.15, -0.1) is 11.3 Å². The van der Waals surface area contributed by atoms with Crippen molar-refractivity contribution in [3.05, 3.63) is 50.7 Å². The summed E-state index contributed by atoms with van der Waals surface area (Å²) in [5.74, 6) is 0. The van der Waals surface area contributed by atoms with Crippen LogP contribution >= 0.6 is 11.3 Å². The Hall–Kier alpha value is -2.08. The molecule has 20 heavy (non-hydrogen) atoms. The lowest BCUT2D eigenvalue weighted by molar-refractivity contribution is -0.383. The molecule has 0 bridgehead atoms. The lowest BCUT2D eigenvalue weighted by atomic mass is 10.1. The first kappa shape index (κ1) is 14.3. The van der Waals surface area contributed by atoms with Crippen LogP contribution in [0.3, 0.4) is 0 Å². The molecule has 0 spiro atoms. The van der Waals surface area contributed by atoms with Crippen molar-refractivity contribution in [3.63, 3.8) is 0 Å². The molecular weight excluding hydrogens is 274 g/mol. The van der Waals surface area contributed by atoms with Gasteiger partial charge < -0.3 is 10.6 Å². The highest BCUT2D eigenvalue weighted by Gasteiger charge is 2.21. The summed E-state index contributed by atoms with van der Waals surface area (Å²) < 4.78 is 0. The van der Waals surface area contributed by atoms with Crippen LogP contribution in [0.5, 0.6) is 0 Å². The van der Waals surface area contributed by atoms with Crippen molar-refractivity contribution in [2.45, 2.75) is 19.4 Å². The quantitative estimate of drug-likeness (QED) is 0.616. The number of para-hydroxylation sites is 1. The molecule has 5 nitrogen and oxygen atoms in total. The molecule has 0 saturated heterocycles. The van der Waals surface area contributed by atoms with Crippen molar-refractivity contribution >= 4 is 28.4 Å². The number of benzene rings is 1. The summed E-state index contributed by atoms with van der Waals surface area (Å²) in [6.45, 7) is 2.06. The molecule has 1 aromatic carbocycles. The Balaban J connectivity index is 2.35. The molecule has 0 fully saturated rings. The van der Waals surface area contributed by atoms with E-state index in [9.17, 15) is 10.1 Å². The lowest BCUT2D eigenvalue weighted by Crippen LogP contribution is -2.10. The van der Waals surface area contributed by atoms with Gasteiger partial charge in [0, 0.05) is 11.9 Å². The third kappa shape index (κ3) is 2.91. The summed E-state index contributed by atoms with van der Waals surface area (Å²) in [7, 11) is 1.68. The summed E-state index contributed by atoms with van der Waals surface area (Å²) in [6, 6.07) is 9.37. The van der Waals surface area contributed by atoms with Gasteiger partial charge >= 0.3 is 5.69 Å². The molecule has 1 unspecified atom stereocenters. The van der Waals surface area contributed by atoms with Crippen molar-refractivity contribution in [1.29, 1.82) is 0 Å². The van der Waals surface area contributed by atoms with E-state index >= 15 is 0 Å². The highest BCUT2D eigenvalue weighted by Crippen LogP contribution is 2.36. The van der Waals surface area contributed by atoms with Crippen molar-refractivity contribution in [2.75, 3.05) is 17.7 Å². The second-order valence-electron chi connectivity index (χ2n) is 4.33. The maximum atomic E-state index is 11.3. The van der Waals surface area contributed by atoms with Gasteiger partial charge in [-0.2, -0.15) is 0 Å². The second-order valence-corrected chi connectivity index (χ2v) is 5.31. The molecule has 2 N–H and O–H groups in total. The van der Waals surface area contributed by atoms with Crippen LogP contribution in [0, 0.1) is 10.1 Å². The van der Waals surface area contributed by atoms with Gasteiger partial charge in [0.2, 0.25) is 0 Å². The van der Waals surface area contributed by atoms with Gasteiger partial charge in [-0.05, 0) is 30.0 Å². The molecule has 106 valence electrons. The molecule has 0 aliphatic carbocycles. The highest BCUT2D eigenvalue weighted by molar-refractivity contribution is 7.10. The minimum atomic E-state index is -0.352. The lowest BCUT2D eigenvalue weighted by Gasteiger charge is -2.17. The van der Waals surface area contributed by atoms with E-state index in [0.29, 0.717) is 11.4 Å². The third-order valence-electron chi connectivity index (χ3n) is 3.11. The van der Waals surface area contributed by atoms with Gasteiger partial charge in [0.25, 0.3) is 0 Å². The van der Waals surface area contributed by atoms with E-state index in [0.717, 1.165) is 6.42 Å². The Bertz CT molecular complexity index is 584. The molecule has 0 saturated carbocycles. The number of nitro groups is 1. The topological polar surface area (TPSA) is 67.2 Å². The van der Waals surface area contributed by atoms with Gasteiger partial charge in [0.05, 0.1) is 11.0 Å². The number of thiophene rings is 1. The van der Waals surface area contributed by atoms with Crippen LogP contribution in [0.1, 0.15) is 24.3 Å². The van der Waals surface area contributed by atoms with Crippen LogP contribution in [-0.4, -0.2) is 12.0 Å². The average Bonchev–Trinajstić information content (AvgIpc) is 2.97. The van der Waals surface area contributed by atoms with E-state index < -0.39 is 0 Å². The standard InChI is InChI=1S/C14H17N3O2S/c1-3-10(13-8-5-9-20-13)16-12-7-4-6-11(15-2)14(12)17(18)19/h4-10,15-16H,3H2,1-2H3. The zero-order valence-electron chi connectivity index (χ0n) is 11.4. The SMILES string of the molecule is CCC(Nc1cccc(NC)c1[N+](=O)[O-])c1cccs1. The number of nitrogens with one attached hydrogen (secondary N) is 2. The zero-order chi connectivity index (χ0) is 14.5. The summed E-state index contributed by atoms with van der Waals surface area (Å²) in [6.07, 6.45) is 0.863. The number of nitrogens with zero attached hydrogens (tertiary/aromatic N) is 1. The first-order valence-electron chi connectivity index (χ1n) is 6.42. The Labute approximate surface area is 121 Å². The summed E-state index contributed by atoms with van der Waals surface area (Å²) >= 11 is 1.65. The largest absolute Gasteiger partial charge is 0.382 e. The first-order valence-corrected chi connectivity index (χ1v) is 7.30. The average molecular weight is 291 g/mol. The van der Waals surface area contributed by atoms with Crippen LogP contribution in [-0.2, 0) is 0 Å². The van der Waals surface area contributed by atoms with Crippen LogP contribution in [0.2, 0.25) is 0 Å². The van der Waals surface area contributed by atoms with Crippen LogP contribution in [0.25, 0.3) is 0 Å². The van der Waals surface area contributed by atoms with Gasteiger partial charge in [-0.25, -0.2) is 0 Å². The van der Waals surface area contributed by atoms with Gasteiger partial charge in [0.15, 0.2) is 0 Å².